The summed E-state index contributed by atoms with van der Waals surface area (Å²) in [5, 5.41) is 30.5. The molecule has 0 spiro atoms. The first-order valence-corrected chi connectivity index (χ1v) is 11.6. The van der Waals surface area contributed by atoms with E-state index in [0.717, 1.165) is 18.4 Å². The smallest absolute Gasteiger partial charge is 0.261 e. The molecule has 1 aromatic carbocycles. The summed E-state index contributed by atoms with van der Waals surface area (Å²) in [6.45, 7) is 13.7. The van der Waals surface area contributed by atoms with E-state index in [1.165, 1.54) is 5.57 Å². The molecule has 7 nitrogen and oxygen atoms in total. The van der Waals surface area contributed by atoms with E-state index in [0.29, 0.717) is 16.9 Å². The largest absolute Gasteiger partial charge is 0.394 e. The van der Waals surface area contributed by atoms with Crippen LogP contribution in [0.15, 0.2) is 36.4 Å². The van der Waals surface area contributed by atoms with Gasteiger partial charge in [-0.15, -0.1) is 6.58 Å². The van der Waals surface area contributed by atoms with Crippen molar-refractivity contribution in [2.24, 2.45) is 5.92 Å². The monoisotopic (exact) mass is 455 g/mol. The number of carbonyl (C=O) groups is 2. The molecule has 0 aliphatic carbocycles. The van der Waals surface area contributed by atoms with Crippen LogP contribution in [0.3, 0.4) is 0 Å². The van der Waals surface area contributed by atoms with Gasteiger partial charge in [-0.1, -0.05) is 44.6 Å². The Morgan fingerprint density at radius 1 is 1.30 bits per heavy atom. The number of allylic oxidation sites excluding steroid dienone is 3. The van der Waals surface area contributed by atoms with Gasteiger partial charge in [0.15, 0.2) is 5.60 Å². The van der Waals surface area contributed by atoms with Crippen LogP contribution in [0.5, 0.6) is 0 Å². The fourth-order valence-corrected chi connectivity index (χ4v) is 4.80. The standard InChI is InChI=1S/C26H37N3O4/c1-7-25(6,12-8-9-15(2)3)18-10-11-19-20-22(18)29-24(32)26(20,33)13-17(14-30)27-23(31)21(28-19)16(4)5/h7,9-11,16-17,21,28,30,33H,1,8,12-14H2,2-6H3,(H,27,31)(H,29,32). The van der Waals surface area contributed by atoms with Gasteiger partial charge in [0.2, 0.25) is 5.91 Å². The third-order valence-electron chi connectivity index (χ3n) is 6.88. The maximum atomic E-state index is 13.2. The minimum absolute atomic E-state index is 0.0570. The summed E-state index contributed by atoms with van der Waals surface area (Å²) >= 11 is 0. The Morgan fingerprint density at radius 2 is 2.00 bits per heavy atom. The average molecular weight is 456 g/mol. The highest BCUT2D eigenvalue weighted by molar-refractivity contribution is 6.08. The molecular weight excluding hydrogens is 418 g/mol. The number of hydrogen-bond acceptors (Lipinski definition) is 5. The Bertz CT molecular complexity index is 982. The minimum Gasteiger partial charge on any atom is -0.394 e. The van der Waals surface area contributed by atoms with Crippen molar-refractivity contribution in [2.75, 3.05) is 17.2 Å². The maximum absolute atomic E-state index is 13.2. The van der Waals surface area contributed by atoms with E-state index < -0.39 is 29.0 Å². The number of nitrogens with one attached hydrogen (secondary N) is 3. The molecule has 3 rings (SSSR count). The summed E-state index contributed by atoms with van der Waals surface area (Å²) in [6.07, 6.45) is 5.56. The molecular formula is C26H37N3O4. The Morgan fingerprint density at radius 3 is 2.58 bits per heavy atom. The first-order chi connectivity index (χ1) is 15.5. The highest BCUT2D eigenvalue weighted by Crippen LogP contribution is 2.50. The van der Waals surface area contributed by atoms with Gasteiger partial charge in [0.25, 0.3) is 5.91 Å². The number of benzene rings is 1. The van der Waals surface area contributed by atoms with E-state index >= 15 is 0 Å². The molecule has 5 N–H and O–H groups in total. The molecule has 4 atom stereocenters. The molecule has 0 radical (unpaired) electrons. The van der Waals surface area contributed by atoms with Crippen LogP contribution >= 0.6 is 0 Å². The van der Waals surface area contributed by atoms with Gasteiger partial charge in [-0.05, 0) is 44.2 Å². The van der Waals surface area contributed by atoms with Gasteiger partial charge in [-0.25, -0.2) is 0 Å². The van der Waals surface area contributed by atoms with E-state index in [2.05, 4.69) is 49.4 Å². The van der Waals surface area contributed by atoms with Crippen LogP contribution in [-0.4, -0.2) is 40.7 Å². The van der Waals surface area contributed by atoms with Gasteiger partial charge in [0, 0.05) is 23.1 Å². The molecule has 2 amide bonds. The number of hydrogen-bond donors (Lipinski definition) is 5. The van der Waals surface area contributed by atoms with Crippen LogP contribution in [0.1, 0.15) is 65.0 Å². The Labute approximate surface area is 196 Å². The second-order valence-electron chi connectivity index (χ2n) is 10.1. The number of carbonyl (C=O) groups excluding carboxylic acids is 2. The summed E-state index contributed by atoms with van der Waals surface area (Å²) in [7, 11) is 0. The molecule has 4 unspecified atom stereocenters. The lowest BCUT2D eigenvalue weighted by molar-refractivity contribution is -0.136. The average Bonchev–Trinajstić information content (AvgIpc) is 3.02. The fourth-order valence-electron chi connectivity index (χ4n) is 4.80. The van der Waals surface area contributed by atoms with Crippen molar-refractivity contribution >= 4 is 23.2 Å². The van der Waals surface area contributed by atoms with Crippen molar-refractivity contribution in [3.63, 3.8) is 0 Å². The normalized spacial score (nSPS) is 26.1. The zero-order valence-corrected chi connectivity index (χ0v) is 20.3. The topological polar surface area (TPSA) is 111 Å². The van der Waals surface area contributed by atoms with E-state index in [4.69, 9.17) is 0 Å². The molecule has 0 bridgehead atoms. The number of anilines is 2. The van der Waals surface area contributed by atoms with Crippen molar-refractivity contribution in [2.45, 2.75) is 77.0 Å². The quantitative estimate of drug-likeness (QED) is 0.405. The molecule has 0 saturated carbocycles. The summed E-state index contributed by atoms with van der Waals surface area (Å²) in [6, 6.07) is 2.42. The van der Waals surface area contributed by atoms with Crippen LogP contribution in [0.4, 0.5) is 11.4 Å². The molecule has 2 heterocycles. The number of aliphatic hydroxyl groups is 2. The lowest BCUT2D eigenvalue weighted by atomic mass is 9.75. The fraction of sp³-hybridized carbons (Fsp3) is 0.538. The molecule has 2 aliphatic heterocycles. The minimum atomic E-state index is -1.89. The lowest BCUT2D eigenvalue weighted by Gasteiger charge is -2.31. The number of amides is 2. The highest BCUT2D eigenvalue weighted by Gasteiger charge is 2.51. The van der Waals surface area contributed by atoms with Gasteiger partial charge in [-0.3, -0.25) is 9.59 Å². The van der Waals surface area contributed by atoms with E-state index in [1.54, 1.807) is 0 Å². The molecule has 0 saturated heterocycles. The van der Waals surface area contributed by atoms with Gasteiger partial charge in [0.05, 0.1) is 18.3 Å². The van der Waals surface area contributed by atoms with E-state index in [9.17, 15) is 19.8 Å². The van der Waals surface area contributed by atoms with Gasteiger partial charge < -0.3 is 26.2 Å². The zero-order valence-electron chi connectivity index (χ0n) is 20.3. The first-order valence-electron chi connectivity index (χ1n) is 11.6. The molecule has 0 fully saturated rings. The Kier molecular flexibility index (Phi) is 7.05. The van der Waals surface area contributed by atoms with E-state index in [1.807, 2.05) is 32.1 Å². The summed E-state index contributed by atoms with van der Waals surface area (Å²) in [4.78, 5) is 26.1. The van der Waals surface area contributed by atoms with E-state index in [-0.39, 0.29) is 24.9 Å². The van der Waals surface area contributed by atoms with Crippen LogP contribution < -0.4 is 16.0 Å². The predicted molar refractivity (Wildman–Crippen MR) is 131 cm³/mol. The summed E-state index contributed by atoms with van der Waals surface area (Å²) in [5.41, 5.74) is 1.29. The van der Waals surface area contributed by atoms with Crippen LogP contribution in [0.2, 0.25) is 0 Å². The first kappa shape index (κ1) is 25.0. The van der Waals surface area contributed by atoms with Crippen molar-refractivity contribution < 1.29 is 19.8 Å². The summed E-state index contributed by atoms with van der Waals surface area (Å²) < 4.78 is 0. The van der Waals surface area contributed by atoms with Crippen LogP contribution in [0.25, 0.3) is 0 Å². The molecule has 180 valence electrons. The van der Waals surface area contributed by atoms with Crippen LogP contribution in [-0.2, 0) is 20.6 Å². The third-order valence-corrected chi connectivity index (χ3v) is 6.88. The number of rotatable bonds is 7. The second-order valence-corrected chi connectivity index (χ2v) is 10.1. The second kappa shape index (κ2) is 9.31. The third kappa shape index (κ3) is 4.57. The Hall–Kier alpha value is -2.64. The van der Waals surface area contributed by atoms with Gasteiger partial charge >= 0.3 is 0 Å². The SMILES string of the molecule is C=CC(C)(CCC=C(C)C)c1ccc2c3c1NC(=O)C3(O)CC(CO)NC(=O)C(C(C)C)N2. The Balaban J connectivity index is 2.20. The molecule has 1 aromatic rings. The molecule has 2 aliphatic rings. The van der Waals surface area contributed by atoms with Crippen molar-refractivity contribution in [1.82, 2.24) is 5.32 Å². The van der Waals surface area contributed by atoms with Gasteiger partial charge in [0.1, 0.15) is 6.04 Å². The number of aliphatic hydroxyl groups excluding tert-OH is 1. The van der Waals surface area contributed by atoms with Gasteiger partial charge in [-0.2, -0.15) is 0 Å². The highest BCUT2D eigenvalue weighted by atomic mass is 16.3. The molecule has 0 aromatic heterocycles. The predicted octanol–water partition coefficient (Wildman–Crippen LogP) is 3.33. The van der Waals surface area contributed by atoms with Crippen molar-refractivity contribution in [1.29, 1.82) is 0 Å². The molecule has 7 heteroatoms. The summed E-state index contributed by atoms with van der Waals surface area (Å²) in [5.74, 6) is -0.888. The van der Waals surface area contributed by atoms with Crippen molar-refractivity contribution in [3.8, 4) is 0 Å². The lowest BCUT2D eigenvalue weighted by Crippen LogP contribution is -2.49. The maximum Gasteiger partial charge on any atom is 0.261 e. The van der Waals surface area contributed by atoms with Crippen LogP contribution in [0, 0.1) is 5.92 Å². The molecule has 33 heavy (non-hydrogen) atoms. The zero-order chi connectivity index (χ0) is 24.6. The van der Waals surface area contributed by atoms with Crippen molar-refractivity contribution in [3.05, 3.63) is 47.6 Å².